The van der Waals surface area contributed by atoms with Crippen LogP contribution in [0, 0.1) is 6.92 Å². The summed E-state index contributed by atoms with van der Waals surface area (Å²) >= 11 is 0. The molecule has 0 saturated heterocycles. The third-order valence-corrected chi connectivity index (χ3v) is 2.81. The summed E-state index contributed by atoms with van der Waals surface area (Å²) in [4.78, 5) is 2.25. The zero-order valence-corrected chi connectivity index (χ0v) is 10.1. The largest absolute Gasteiger partial charge is 0.397 e. The molecule has 1 rings (SSSR count). The van der Waals surface area contributed by atoms with E-state index in [1.165, 1.54) is 19.3 Å². The van der Waals surface area contributed by atoms with Gasteiger partial charge in [-0.3, -0.25) is 0 Å². The van der Waals surface area contributed by atoms with E-state index in [1.807, 2.05) is 0 Å². The Labute approximate surface area is 93.1 Å². The van der Waals surface area contributed by atoms with Gasteiger partial charge >= 0.3 is 0 Å². The Hall–Kier alpha value is -1.18. The second-order valence-electron chi connectivity index (χ2n) is 4.14. The number of hydrogen-bond acceptors (Lipinski definition) is 2. The molecule has 0 atom stereocenters. The van der Waals surface area contributed by atoms with Gasteiger partial charge in [-0.15, -0.1) is 0 Å². The number of rotatable bonds is 5. The summed E-state index contributed by atoms with van der Waals surface area (Å²) in [5, 5.41) is 0. The number of nitrogens with two attached hydrogens (primary N) is 1. The van der Waals surface area contributed by atoms with Crippen molar-refractivity contribution in [3.05, 3.63) is 23.8 Å². The van der Waals surface area contributed by atoms with Crippen molar-refractivity contribution in [2.24, 2.45) is 0 Å². The summed E-state index contributed by atoms with van der Waals surface area (Å²) < 4.78 is 0. The number of unbranched alkanes of at least 4 members (excludes halogenated alkanes) is 2. The smallest absolute Gasteiger partial charge is 0.0600 e. The van der Waals surface area contributed by atoms with Crippen molar-refractivity contribution in [1.29, 1.82) is 0 Å². The Bertz CT molecular complexity index is 307. The summed E-state index contributed by atoms with van der Waals surface area (Å²) in [6.07, 6.45) is 3.79. The molecule has 2 heteroatoms. The van der Waals surface area contributed by atoms with Gasteiger partial charge in [-0.1, -0.05) is 31.9 Å². The van der Waals surface area contributed by atoms with Crippen molar-refractivity contribution < 1.29 is 0 Å². The number of para-hydroxylation sites is 1. The molecule has 1 aromatic rings. The molecule has 0 radical (unpaired) electrons. The fraction of sp³-hybridized carbons (Fsp3) is 0.538. The van der Waals surface area contributed by atoms with Gasteiger partial charge in [0.2, 0.25) is 0 Å². The van der Waals surface area contributed by atoms with Crippen LogP contribution in [0.15, 0.2) is 18.2 Å². The maximum Gasteiger partial charge on any atom is 0.0600 e. The van der Waals surface area contributed by atoms with Crippen LogP contribution in [0.4, 0.5) is 11.4 Å². The van der Waals surface area contributed by atoms with Gasteiger partial charge in [0.15, 0.2) is 0 Å². The lowest BCUT2D eigenvalue weighted by Crippen LogP contribution is -2.19. The predicted octanol–water partition coefficient (Wildman–Crippen LogP) is 3.20. The lowest BCUT2D eigenvalue weighted by Gasteiger charge is -2.21. The van der Waals surface area contributed by atoms with E-state index in [9.17, 15) is 0 Å². The maximum absolute atomic E-state index is 6.05. The molecule has 0 spiro atoms. The zero-order valence-electron chi connectivity index (χ0n) is 10.1. The van der Waals surface area contributed by atoms with Crippen LogP contribution in [0.1, 0.15) is 31.7 Å². The molecule has 15 heavy (non-hydrogen) atoms. The van der Waals surface area contributed by atoms with Crippen molar-refractivity contribution in [1.82, 2.24) is 0 Å². The third kappa shape index (κ3) is 3.15. The van der Waals surface area contributed by atoms with Crippen LogP contribution in [0.25, 0.3) is 0 Å². The fourth-order valence-corrected chi connectivity index (χ4v) is 1.72. The minimum Gasteiger partial charge on any atom is -0.397 e. The average molecular weight is 206 g/mol. The average Bonchev–Trinajstić information content (AvgIpc) is 2.22. The van der Waals surface area contributed by atoms with Crippen molar-refractivity contribution in [3.63, 3.8) is 0 Å². The molecule has 2 nitrogen and oxygen atoms in total. The molecule has 0 saturated carbocycles. The van der Waals surface area contributed by atoms with Crippen LogP contribution in [0.3, 0.4) is 0 Å². The topological polar surface area (TPSA) is 29.3 Å². The maximum atomic E-state index is 6.05. The molecule has 0 fully saturated rings. The standard InChI is InChI=1S/C13H22N2/c1-4-5-6-10-15(3)12-9-7-8-11(2)13(12)14/h7-9H,4-6,10,14H2,1-3H3. The number of hydrogen-bond donors (Lipinski definition) is 1. The molecular weight excluding hydrogens is 184 g/mol. The molecule has 0 amide bonds. The molecule has 0 aromatic heterocycles. The predicted molar refractivity (Wildman–Crippen MR) is 68.4 cm³/mol. The Morgan fingerprint density at radius 3 is 2.67 bits per heavy atom. The van der Waals surface area contributed by atoms with Crippen LogP contribution in [-0.4, -0.2) is 13.6 Å². The molecular formula is C13H22N2. The van der Waals surface area contributed by atoms with E-state index < -0.39 is 0 Å². The van der Waals surface area contributed by atoms with Crippen molar-refractivity contribution >= 4 is 11.4 Å². The Morgan fingerprint density at radius 2 is 2.00 bits per heavy atom. The molecule has 0 heterocycles. The number of nitrogen functional groups attached to an aromatic ring is 1. The van der Waals surface area contributed by atoms with Crippen LogP contribution in [0.2, 0.25) is 0 Å². The second-order valence-corrected chi connectivity index (χ2v) is 4.14. The third-order valence-electron chi connectivity index (χ3n) is 2.81. The van der Waals surface area contributed by atoms with Gasteiger partial charge < -0.3 is 10.6 Å². The Kier molecular flexibility index (Phi) is 4.47. The van der Waals surface area contributed by atoms with E-state index >= 15 is 0 Å². The summed E-state index contributed by atoms with van der Waals surface area (Å²) in [7, 11) is 2.11. The number of nitrogens with zero attached hydrogens (tertiary/aromatic N) is 1. The lowest BCUT2D eigenvalue weighted by atomic mass is 10.1. The molecule has 0 aliphatic heterocycles. The van der Waals surface area contributed by atoms with E-state index in [4.69, 9.17) is 5.73 Å². The minimum atomic E-state index is 0.913. The van der Waals surface area contributed by atoms with E-state index in [0.717, 1.165) is 23.5 Å². The van der Waals surface area contributed by atoms with Crippen LogP contribution in [0.5, 0.6) is 0 Å². The molecule has 0 unspecified atom stereocenters. The number of benzene rings is 1. The first-order valence-electron chi connectivity index (χ1n) is 5.73. The molecule has 0 aliphatic carbocycles. The van der Waals surface area contributed by atoms with Gasteiger partial charge in [0, 0.05) is 13.6 Å². The lowest BCUT2D eigenvalue weighted by molar-refractivity contribution is 0.705. The van der Waals surface area contributed by atoms with Crippen molar-refractivity contribution in [2.75, 3.05) is 24.2 Å². The second kappa shape index (κ2) is 5.64. The minimum absolute atomic E-state index is 0.913. The normalized spacial score (nSPS) is 10.3. The highest BCUT2D eigenvalue weighted by atomic mass is 15.1. The summed E-state index contributed by atoms with van der Waals surface area (Å²) in [6, 6.07) is 6.21. The van der Waals surface area contributed by atoms with E-state index in [0.29, 0.717) is 0 Å². The SMILES string of the molecule is CCCCCN(C)c1cccc(C)c1N. The molecule has 0 aliphatic rings. The van der Waals surface area contributed by atoms with Crippen LogP contribution >= 0.6 is 0 Å². The van der Waals surface area contributed by atoms with Gasteiger partial charge in [-0.2, -0.15) is 0 Å². The Balaban J connectivity index is 2.65. The summed E-state index contributed by atoms with van der Waals surface area (Å²) in [5.74, 6) is 0. The van der Waals surface area contributed by atoms with Crippen molar-refractivity contribution in [3.8, 4) is 0 Å². The van der Waals surface area contributed by atoms with Gasteiger partial charge in [0.1, 0.15) is 0 Å². The molecule has 1 aromatic carbocycles. The molecule has 2 N–H and O–H groups in total. The fourth-order valence-electron chi connectivity index (χ4n) is 1.72. The monoisotopic (exact) mass is 206 g/mol. The highest BCUT2D eigenvalue weighted by Crippen LogP contribution is 2.25. The van der Waals surface area contributed by atoms with Gasteiger partial charge in [-0.05, 0) is 25.0 Å². The summed E-state index contributed by atoms with van der Waals surface area (Å²) in [5.41, 5.74) is 9.28. The highest BCUT2D eigenvalue weighted by molar-refractivity contribution is 5.70. The first kappa shape index (κ1) is 11.9. The zero-order chi connectivity index (χ0) is 11.3. The van der Waals surface area contributed by atoms with E-state index in [1.54, 1.807) is 0 Å². The van der Waals surface area contributed by atoms with Crippen molar-refractivity contribution in [2.45, 2.75) is 33.1 Å². The van der Waals surface area contributed by atoms with Gasteiger partial charge in [0.25, 0.3) is 0 Å². The number of anilines is 2. The van der Waals surface area contributed by atoms with Crippen LogP contribution in [-0.2, 0) is 0 Å². The first-order chi connectivity index (χ1) is 7.16. The number of aryl methyl sites for hydroxylation is 1. The summed E-state index contributed by atoms with van der Waals surface area (Å²) in [6.45, 7) is 5.36. The quantitative estimate of drug-likeness (QED) is 0.592. The van der Waals surface area contributed by atoms with Gasteiger partial charge in [-0.25, -0.2) is 0 Å². The van der Waals surface area contributed by atoms with E-state index in [-0.39, 0.29) is 0 Å². The first-order valence-corrected chi connectivity index (χ1v) is 5.73. The highest BCUT2D eigenvalue weighted by Gasteiger charge is 2.05. The Morgan fingerprint density at radius 1 is 1.27 bits per heavy atom. The molecule has 84 valence electrons. The molecule has 0 bridgehead atoms. The van der Waals surface area contributed by atoms with Crippen LogP contribution < -0.4 is 10.6 Å². The van der Waals surface area contributed by atoms with E-state index in [2.05, 4.69) is 44.0 Å². The van der Waals surface area contributed by atoms with Gasteiger partial charge in [0.05, 0.1) is 11.4 Å².